The summed E-state index contributed by atoms with van der Waals surface area (Å²) < 4.78 is 12.9. The Kier molecular flexibility index (Phi) is 3.60. The second kappa shape index (κ2) is 5.54. The first-order chi connectivity index (χ1) is 9.72. The number of hydrogen-bond acceptors (Lipinski definition) is 4. The second-order valence-corrected chi connectivity index (χ2v) is 5.03. The fourth-order valence-corrected chi connectivity index (χ4v) is 2.25. The second-order valence-electron chi connectivity index (χ2n) is 5.03. The molecule has 0 radical (unpaired) electrons. The molecule has 0 bridgehead atoms. The highest BCUT2D eigenvalue weighted by Gasteiger charge is 2.12. The zero-order valence-electron chi connectivity index (χ0n) is 11.8. The van der Waals surface area contributed by atoms with Gasteiger partial charge in [-0.05, 0) is 24.6 Å². The molecule has 1 aliphatic heterocycles. The molecule has 0 amide bonds. The normalized spacial score (nSPS) is 15.1. The van der Waals surface area contributed by atoms with Crippen molar-refractivity contribution in [2.24, 2.45) is 7.05 Å². The molecule has 1 unspecified atom stereocenters. The highest BCUT2D eigenvalue weighted by molar-refractivity contribution is 5.43. The third-order valence-electron chi connectivity index (χ3n) is 3.44. The van der Waals surface area contributed by atoms with Gasteiger partial charge in [-0.1, -0.05) is 6.07 Å². The number of fused-ring (bicyclic) bond motifs is 1. The zero-order valence-corrected chi connectivity index (χ0v) is 11.8. The van der Waals surface area contributed by atoms with Crippen LogP contribution >= 0.6 is 0 Å². The molecule has 3 rings (SSSR count). The number of nitrogens with zero attached hydrogens (tertiary/aromatic N) is 2. The van der Waals surface area contributed by atoms with Crippen LogP contribution in [0.2, 0.25) is 0 Å². The Morgan fingerprint density at radius 3 is 2.85 bits per heavy atom. The largest absolute Gasteiger partial charge is 0.486 e. The highest BCUT2D eigenvalue weighted by Crippen LogP contribution is 2.30. The van der Waals surface area contributed by atoms with Gasteiger partial charge in [0, 0.05) is 31.4 Å². The van der Waals surface area contributed by atoms with Crippen LogP contribution in [0.4, 0.5) is 0 Å². The molecule has 2 aromatic rings. The van der Waals surface area contributed by atoms with Gasteiger partial charge in [0.15, 0.2) is 11.5 Å². The topological polar surface area (TPSA) is 48.3 Å². The number of ether oxygens (including phenoxy) is 2. The Labute approximate surface area is 118 Å². The third kappa shape index (κ3) is 2.77. The SMILES string of the molecule is CC(NCc1ccc2c(c1)OCCO2)c1cnn(C)c1. The van der Waals surface area contributed by atoms with E-state index in [2.05, 4.69) is 23.4 Å². The number of aromatic nitrogens is 2. The molecule has 1 atom stereocenters. The Balaban J connectivity index is 1.63. The van der Waals surface area contributed by atoms with Crippen LogP contribution in [0.15, 0.2) is 30.6 Å². The van der Waals surface area contributed by atoms with Gasteiger partial charge in [0.1, 0.15) is 13.2 Å². The molecule has 5 heteroatoms. The van der Waals surface area contributed by atoms with E-state index < -0.39 is 0 Å². The van der Waals surface area contributed by atoms with E-state index in [4.69, 9.17) is 9.47 Å². The molecular formula is C15H19N3O2. The molecule has 1 aromatic carbocycles. The number of nitrogens with one attached hydrogen (secondary N) is 1. The first kappa shape index (κ1) is 13.0. The van der Waals surface area contributed by atoms with E-state index in [0.717, 1.165) is 18.0 Å². The predicted molar refractivity (Wildman–Crippen MR) is 75.9 cm³/mol. The van der Waals surface area contributed by atoms with Crippen LogP contribution in [0.25, 0.3) is 0 Å². The van der Waals surface area contributed by atoms with Crippen molar-refractivity contribution in [1.82, 2.24) is 15.1 Å². The Morgan fingerprint density at radius 2 is 2.10 bits per heavy atom. The van der Waals surface area contributed by atoms with Gasteiger partial charge in [-0.3, -0.25) is 4.68 Å². The summed E-state index contributed by atoms with van der Waals surface area (Å²) >= 11 is 0. The molecule has 5 nitrogen and oxygen atoms in total. The van der Waals surface area contributed by atoms with Crippen LogP contribution in [0.1, 0.15) is 24.1 Å². The minimum absolute atomic E-state index is 0.261. The lowest BCUT2D eigenvalue weighted by molar-refractivity contribution is 0.171. The van der Waals surface area contributed by atoms with Crippen molar-refractivity contribution in [3.63, 3.8) is 0 Å². The van der Waals surface area contributed by atoms with Gasteiger partial charge in [0.05, 0.1) is 6.20 Å². The average Bonchev–Trinajstić information content (AvgIpc) is 2.91. The van der Waals surface area contributed by atoms with Gasteiger partial charge in [-0.15, -0.1) is 0 Å². The van der Waals surface area contributed by atoms with E-state index >= 15 is 0 Å². The first-order valence-electron chi connectivity index (χ1n) is 6.83. The zero-order chi connectivity index (χ0) is 13.9. The standard InChI is InChI=1S/C15H19N3O2/c1-11(13-9-17-18(2)10-13)16-8-12-3-4-14-15(7-12)20-6-5-19-14/h3-4,7,9-11,16H,5-6,8H2,1-2H3. The number of rotatable bonds is 4. The lowest BCUT2D eigenvalue weighted by atomic mass is 10.1. The van der Waals surface area contributed by atoms with Crippen molar-refractivity contribution in [2.45, 2.75) is 19.5 Å². The van der Waals surface area contributed by atoms with Gasteiger partial charge in [-0.25, -0.2) is 0 Å². The van der Waals surface area contributed by atoms with Crippen molar-refractivity contribution in [3.05, 3.63) is 41.7 Å². The Hall–Kier alpha value is -2.01. The number of hydrogen-bond donors (Lipinski definition) is 1. The van der Waals surface area contributed by atoms with E-state index in [1.165, 1.54) is 11.1 Å². The summed E-state index contributed by atoms with van der Waals surface area (Å²) in [6.45, 7) is 4.17. The smallest absolute Gasteiger partial charge is 0.161 e. The summed E-state index contributed by atoms with van der Waals surface area (Å²) in [6, 6.07) is 6.34. The summed E-state index contributed by atoms with van der Waals surface area (Å²) in [5.41, 5.74) is 2.37. The average molecular weight is 273 g/mol. The predicted octanol–water partition coefficient (Wildman–Crippen LogP) is 2.04. The van der Waals surface area contributed by atoms with Crippen molar-refractivity contribution >= 4 is 0 Å². The fraction of sp³-hybridized carbons (Fsp3) is 0.400. The summed E-state index contributed by atoms with van der Waals surface area (Å²) in [7, 11) is 1.93. The molecule has 1 aromatic heterocycles. The van der Waals surface area contributed by atoms with E-state index in [1.807, 2.05) is 36.3 Å². The van der Waals surface area contributed by atoms with Gasteiger partial charge >= 0.3 is 0 Å². The molecule has 0 aliphatic carbocycles. The summed E-state index contributed by atoms with van der Waals surface area (Å²) in [4.78, 5) is 0. The van der Waals surface area contributed by atoms with Crippen molar-refractivity contribution in [2.75, 3.05) is 13.2 Å². The molecule has 0 saturated heterocycles. The molecule has 0 saturated carbocycles. The highest BCUT2D eigenvalue weighted by atomic mass is 16.6. The van der Waals surface area contributed by atoms with E-state index in [-0.39, 0.29) is 6.04 Å². The monoisotopic (exact) mass is 273 g/mol. The van der Waals surface area contributed by atoms with E-state index in [0.29, 0.717) is 13.2 Å². The van der Waals surface area contributed by atoms with Crippen molar-refractivity contribution in [3.8, 4) is 11.5 Å². The number of aryl methyl sites for hydroxylation is 1. The molecule has 1 aliphatic rings. The van der Waals surface area contributed by atoms with Crippen LogP contribution in [0.3, 0.4) is 0 Å². The molecule has 0 spiro atoms. The van der Waals surface area contributed by atoms with Gasteiger partial charge in [0.2, 0.25) is 0 Å². The van der Waals surface area contributed by atoms with Gasteiger partial charge in [0.25, 0.3) is 0 Å². The van der Waals surface area contributed by atoms with Crippen LogP contribution < -0.4 is 14.8 Å². The quantitative estimate of drug-likeness (QED) is 0.926. The first-order valence-corrected chi connectivity index (χ1v) is 6.83. The molecule has 0 fully saturated rings. The lowest BCUT2D eigenvalue weighted by Gasteiger charge is -2.19. The van der Waals surface area contributed by atoms with Crippen LogP contribution in [0, 0.1) is 0 Å². The lowest BCUT2D eigenvalue weighted by Crippen LogP contribution is -2.19. The number of benzene rings is 1. The summed E-state index contributed by atoms with van der Waals surface area (Å²) in [6.07, 6.45) is 3.92. The van der Waals surface area contributed by atoms with E-state index in [1.54, 1.807) is 0 Å². The van der Waals surface area contributed by atoms with Gasteiger partial charge in [-0.2, -0.15) is 5.10 Å². The van der Waals surface area contributed by atoms with Crippen molar-refractivity contribution < 1.29 is 9.47 Å². The minimum atomic E-state index is 0.261. The molecule has 20 heavy (non-hydrogen) atoms. The Bertz CT molecular complexity index is 595. The summed E-state index contributed by atoms with van der Waals surface area (Å²) in [5, 5.41) is 7.68. The van der Waals surface area contributed by atoms with Crippen LogP contribution in [-0.2, 0) is 13.6 Å². The summed E-state index contributed by atoms with van der Waals surface area (Å²) in [5.74, 6) is 1.67. The molecular weight excluding hydrogens is 254 g/mol. The molecule has 1 N–H and O–H groups in total. The van der Waals surface area contributed by atoms with Crippen LogP contribution in [-0.4, -0.2) is 23.0 Å². The van der Waals surface area contributed by atoms with Gasteiger partial charge < -0.3 is 14.8 Å². The molecule has 106 valence electrons. The maximum absolute atomic E-state index is 5.59. The third-order valence-corrected chi connectivity index (χ3v) is 3.44. The van der Waals surface area contributed by atoms with Crippen molar-refractivity contribution in [1.29, 1.82) is 0 Å². The molecule has 2 heterocycles. The maximum atomic E-state index is 5.59. The fourth-order valence-electron chi connectivity index (χ4n) is 2.25. The Morgan fingerprint density at radius 1 is 1.30 bits per heavy atom. The van der Waals surface area contributed by atoms with Crippen LogP contribution in [0.5, 0.6) is 11.5 Å². The maximum Gasteiger partial charge on any atom is 0.161 e. The minimum Gasteiger partial charge on any atom is -0.486 e. The van der Waals surface area contributed by atoms with E-state index in [9.17, 15) is 0 Å².